The summed E-state index contributed by atoms with van der Waals surface area (Å²) in [5.41, 5.74) is 2.91. The molecule has 0 spiro atoms. The number of rotatable bonds is 6. The van der Waals surface area contributed by atoms with E-state index < -0.39 is 10.0 Å². The lowest BCUT2D eigenvalue weighted by molar-refractivity contribution is 0.273. The molecule has 0 N–H and O–H groups in total. The lowest BCUT2D eigenvalue weighted by Gasteiger charge is -2.30. The van der Waals surface area contributed by atoms with E-state index in [0.717, 1.165) is 49.3 Å². The zero-order valence-electron chi connectivity index (χ0n) is 14.8. The number of piperidine rings is 1. The van der Waals surface area contributed by atoms with Gasteiger partial charge in [-0.2, -0.15) is 5.10 Å². The maximum atomic E-state index is 11.6. The SMILES string of the molecule is CCCn1nccc1-c1cc(CC2CCN(S(C)(=O)=O)CC2)ncn1. The van der Waals surface area contributed by atoms with Crippen LogP contribution in [0.1, 0.15) is 31.9 Å². The Bertz CT molecular complexity index is 810. The van der Waals surface area contributed by atoms with Crippen molar-refractivity contribution in [2.75, 3.05) is 19.3 Å². The number of aryl methyl sites for hydroxylation is 1. The fourth-order valence-electron chi connectivity index (χ4n) is 3.33. The van der Waals surface area contributed by atoms with Gasteiger partial charge in [-0.1, -0.05) is 6.92 Å². The van der Waals surface area contributed by atoms with E-state index in [4.69, 9.17) is 0 Å². The summed E-state index contributed by atoms with van der Waals surface area (Å²) in [4.78, 5) is 8.82. The molecule has 1 aliphatic rings. The van der Waals surface area contributed by atoms with Gasteiger partial charge in [-0.15, -0.1) is 0 Å². The molecule has 3 rings (SSSR count). The van der Waals surface area contributed by atoms with Gasteiger partial charge in [0.25, 0.3) is 0 Å². The molecule has 0 unspecified atom stereocenters. The van der Waals surface area contributed by atoms with Crippen molar-refractivity contribution in [2.24, 2.45) is 5.92 Å². The predicted molar refractivity (Wildman–Crippen MR) is 96.4 cm³/mol. The van der Waals surface area contributed by atoms with Crippen molar-refractivity contribution in [3.63, 3.8) is 0 Å². The number of aromatic nitrogens is 4. The summed E-state index contributed by atoms with van der Waals surface area (Å²) < 4.78 is 26.8. The Kier molecular flexibility index (Phi) is 5.48. The molecule has 3 heterocycles. The minimum atomic E-state index is -3.07. The first-order valence-electron chi connectivity index (χ1n) is 8.75. The topological polar surface area (TPSA) is 81.0 Å². The maximum absolute atomic E-state index is 11.6. The van der Waals surface area contributed by atoms with Crippen LogP contribution in [0.25, 0.3) is 11.4 Å². The summed E-state index contributed by atoms with van der Waals surface area (Å²) in [6.07, 6.45) is 8.32. The summed E-state index contributed by atoms with van der Waals surface area (Å²) in [7, 11) is -3.07. The molecule has 7 nitrogen and oxygen atoms in total. The first-order valence-corrected chi connectivity index (χ1v) is 10.6. The van der Waals surface area contributed by atoms with Crippen LogP contribution in [0.2, 0.25) is 0 Å². The van der Waals surface area contributed by atoms with Gasteiger partial charge in [0.1, 0.15) is 6.33 Å². The normalized spacial score (nSPS) is 17.0. The Hall–Kier alpha value is -1.80. The van der Waals surface area contributed by atoms with Gasteiger partial charge in [0, 0.05) is 31.5 Å². The molecule has 25 heavy (non-hydrogen) atoms. The highest BCUT2D eigenvalue weighted by Gasteiger charge is 2.25. The van der Waals surface area contributed by atoms with Crippen molar-refractivity contribution < 1.29 is 8.42 Å². The third kappa shape index (κ3) is 4.43. The molecule has 0 aromatic carbocycles. The van der Waals surface area contributed by atoms with Crippen LogP contribution in [0, 0.1) is 5.92 Å². The third-order valence-electron chi connectivity index (χ3n) is 4.68. The Labute approximate surface area is 149 Å². The van der Waals surface area contributed by atoms with Gasteiger partial charge in [0.2, 0.25) is 10.0 Å². The highest BCUT2D eigenvalue weighted by molar-refractivity contribution is 7.88. The first kappa shape index (κ1) is 18.0. The van der Waals surface area contributed by atoms with Crippen LogP contribution in [0.3, 0.4) is 0 Å². The number of hydrogen-bond acceptors (Lipinski definition) is 5. The molecular formula is C17H25N5O2S. The smallest absolute Gasteiger partial charge is 0.211 e. The van der Waals surface area contributed by atoms with Gasteiger partial charge >= 0.3 is 0 Å². The number of sulfonamides is 1. The maximum Gasteiger partial charge on any atom is 0.211 e. The standard InChI is InChI=1S/C17H25N5O2S/c1-3-8-22-17(4-7-20-22)16-12-15(18-13-19-16)11-14-5-9-21(10-6-14)25(2,23)24/h4,7,12-14H,3,5-6,8-11H2,1-2H3. The van der Waals surface area contributed by atoms with Crippen molar-refractivity contribution in [1.82, 2.24) is 24.1 Å². The molecule has 0 amide bonds. The van der Waals surface area contributed by atoms with E-state index in [9.17, 15) is 8.42 Å². The molecule has 1 fully saturated rings. The van der Waals surface area contributed by atoms with Gasteiger partial charge in [0.15, 0.2) is 0 Å². The van der Waals surface area contributed by atoms with E-state index >= 15 is 0 Å². The van der Waals surface area contributed by atoms with E-state index in [-0.39, 0.29) is 0 Å². The van der Waals surface area contributed by atoms with Crippen LogP contribution >= 0.6 is 0 Å². The number of nitrogens with zero attached hydrogens (tertiary/aromatic N) is 5. The van der Waals surface area contributed by atoms with Crippen LogP contribution in [0.4, 0.5) is 0 Å². The van der Waals surface area contributed by atoms with Crippen LogP contribution in [-0.2, 0) is 23.0 Å². The molecule has 0 aliphatic carbocycles. The zero-order chi connectivity index (χ0) is 17.9. The molecule has 0 saturated carbocycles. The molecule has 8 heteroatoms. The second-order valence-electron chi connectivity index (χ2n) is 6.64. The predicted octanol–water partition coefficient (Wildman–Crippen LogP) is 1.96. The van der Waals surface area contributed by atoms with E-state index in [1.54, 1.807) is 16.8 Å². The van der Waals surface area contributed by atoms with Crippen LogP contribution < -0.4 is 0 Å². The summed E-state index contributed by atoms with van der Waals surface area (Å²) in [5.74, 6) is 0.460. The molecule has 1 saturated heterocycles. The fourth-order valence-corrected chi connectivity index (χ4v) is 4.20. The number of hydrogen-bond donors (Lipinski definition) is 0. The van der Waals surface area contributed by atoms with Crippen molar-refractivity contribution in [3.05, 3.63) is 30.4 Å². The van der Waals surface area contributed by atoms with Crippen LogP contribution in [0.15, 0.2) is 24.7 Å². The summed E-state index contributed by atoms with van der Waals surface area (Å²) in [6.45, 7) is 4.20. The van der Waals surface area contributed by atoms with Crippen molar-refractivity contribution in [3.8, 4) is 11.4 Å². The molecule has 136 valence electrons. The molecule has 1 aliphatic heterocycles. The second-order valence-corrected chi connectivity index (χ2v) is 8.63. The van der Waals surface area contributed by atoms with Gasteiger partial charge < -0.3 is 0 Å². The van der Waals surface area contributed by atoms with Crippen LogP contribution in [-0.4, -0.2) is 51.8 Å². The average molecular weight is 363 g/mol. The van der Waals surface area contributed by atoms with E-state index in [1.807, 2.05) is 16.8 Å². The lowest BCUT2D eigenvalue weighted by Crippen LogP contribution is -2.38. The lowest BCUT2D eigenvalue weighted by atomic mass is 9.93. The highest BCUT2D eigenvalue weighted by Crippen LogP contribution is 2.24. The molecular weight excluding hydrogens is 338 g/mol. The summed E-state index contributed by atoms with van der Waals surface area (Å²) in [6, 6.07) is 4.01. The van der Waals surface area contributed by atoms with E-state index in [1.165, 1.54) is 6.26 Å². The first-order chi connectivity index (χ1) is 12.0. The zero-order valence-corrected chi connectivity index (χ0v) is 15.6. The molecule has 0 atom stereocenters. The van der Waals surface area contributed by atoms with Gasteiger partial charge in [-0.3, -0.25) is 4.68 Å². The van der Waals surface area contributed by atoms with Crippen molar-refractivity contribution in [2.45, 2.75) is 39.2 Å². The minimum Gasteiger partial charge on any atom is -0.263 e. The fraction of sp³-hybridized carbons (Fsp3) is 0.588. The third-order valence-corrected chi connectivity index (χ3v) is 5.98. The summed E-state index contributed by atoms with van der Waals surface area (Å²) in [5, 5.41) is 4.35. The molecule has 0 bridgehead atoms. The molecule has 2 aromatic heterocycles. The highest BCUT2D eigenvalue weighted by atomic mass is 32.2. The van der Waals surface area contributed by atoms with Gasteiger partial charge in [-0.05, 0) is 43.7 Å². The quantitative estimate of drug-likeness (QED) is 0.784. The summed E-state index contributed by atoms with van der Waals surface area (Å²) >= 11 is 0. The Balaban J connectivity index is 1.68. The Morgan fingerprint density at radius 3 is 2.68 bits per heavy atom. The van der Waals surface area contributed by atoms with Crippen molar-refractivity contribution >= 4 is 10.0 Å². The Morgan fingerprint density at radius 2 is 2.00 bits per heavy atom. The van der Waals surface area contributed by atoms with E-state index in [0.29, 0.717) is 19.0 Å². The monoisotopic (exact) mass is 363 g/mol. The average Bonchev–Trinajstić information content (AvgIpc) is 3.03. The molecule has 2 aromatic rings. The van der Waals surface area contributed by atoms with Crippen molar-refractivity contribution in [1.29, 1.82) is 0 Å². The minimum absolute atomic E-state index is 0.460. The Morgan fingerprint density at radius 1 is 1.24 bits per heavy atom. The largest absolute Gasteiger partial charge is 0.263 e. The van der Waals surface area contributed by atoms with Gasteiger partial charge in [0.05, 0.1) is 17.6 Å². The molecule has 0 radical (unpaired) electrons. The van der Waals surface area contributed by atoms with E-state index in [2.05, 4.69) is 22.0 Å². The van der Waals surface area contributed by atoms with Gasteiger partial charge in [-0.25, -0.2) is 22.7 Å². The second kappa shape index (κ2) is 7.61. The van der Waals surface area contributed by atoms with Crippen LogP contribution in [0.5, 0.6) is 0 Å².